The molecule has 1 aliphatic rings. The van der Waals surface area contributed by atoms with Gasteiger partial charge in [-0.1, -0.05) is 36.4 Å². The highest BCUT2D eigenvalue weighted by Crippen LogP contribution is 2.41. The lowest BCUT2D eigenvalue weighted by molar-refractivity contribution is 0.0991. The summed E-state index contributed by atoms with van der Waals surface area (Å²) in [5.41, 5.74) is 2.89. The summed E-state index contributed by atoms with van der Waals surface area (Å²) < 4.78 is 5.78. The number of ketones is 1. The monoisotopic (exact) mass is 318 g/mol. The van der Waals surface area contributed by atoms with E-state index in [2.05, 4.69) is 0 Å². The topological polar surface area (TPSA) is 66.8 Å². The molecule has 0 aliphatic carbocycles. The zero-order valence-corrected chi connectivity index (χ0v) is 12.7. The van der Waals surface area contributed by atoms with Crippen LogP contribution in [-0.2, 0) is 6.42 Å². The van der Waals surface area contributed by atoms with Crippen LogP contribution in [0.4, 0.5) is 0 Å². The molecular formula is C20H14O4. The van der Waals surface area contributed by atoms with Gasteiger partial charge in [0.15, 0.2) is 5.78 Å². The Morgan fingerprint density at radius 3 is 2.42 bits per heavy atom. The molecule has 1 heterocycles. The normalized spacial score (nSPS) is 12.8. The minimum absolute atomic E-state index is 0.102. The lowest BCUT2D eigenvalue weighted by Crippen LogP contribution is -2.02. The van der Waals surface area contributed by atoms with Crippen molar-refractivity contribution in [1.29, 1.82) is 0 Å². The summed E-state index contributed by atoms with van der Waals surface area (Å²) in [7, 11) is 0. The van der Waals surface area contributed by atoms with Crippen LogP contribution < -0.4 is 4.74 Å². The molecule has 0 fully saturated rings. The van der Waals surface area contributed by atoms with E-state index in [-0.39, 0.29) is 35.0 Å². The summed E-state index contributed by atoms with van der Waals surface area (Å²) in [6, 6.07) is 18.0. The van der Waals surface area contributed by atoms with Gasteiger partial charge >= 0.3 is 0 Å². The average molecular weight is 318 g/mol. The van der Waals surface area contributed by atoms with Crippen molar-refractivity contribution >= 4 is 5.78 Å². The molecule has 0 saturated heterocycles. The van der Waals surface area contributed by atoms with Crippen molar-refractivity contribution in [3.63, 3.8) is 0 Å². The molecule has 0 bridgehead atoms. The zero-order valence-electron chi connectivity index (χ0n) is 12.7. The average Bonchev–Trinajstić information content (AvgIpc) is 2.70. The van der Waals surface area contributed by atoms with Gasteiger partial charge in [0.1, 0.15) is 28.6 Å². The summed E-state index contributed by atoms with van der Waals surface area (Å²) in [5, 5.41) is 19.6. The van der Waals surface area contributed by atoms with Gasteiger partial charge in [0.05, 0.1) is 0 Å². The first-order chi connectivity index (χ1) is 11.6. The van der Waals surface area contributed by atoms with Gasteiger partial charge in [-0.3, -0.25) is 4.79 Å². The maximum absolute atomic E-state index is 12.5. The molecule has 0 amide bonds. The second kappa shape index (κ2) is 5.42. The number of phenols is 2. The maximum Gasteiger partial charge on any atom is 0.174 e. The largest absolute Gasteiger partial charge is 0.508 e. The first-order valence-corrected chi connectivity index (χ1v) is 7.57. The maximum atomic E-state index is 12.5. The Labute approximate surface area is 138 Å². The van der Waals surface area contributed by atoms with Gasteiger partial charge in [-0.15, -0.1) is 0 Å². The Morgan fingerprint density at radius 1 is 0.833 bits per heavy atom. The smallest absolute Gasteiger partial charge is 0.174 e. The standard InChI is InChI=1S/C20H14O4/c21-15-10-17(23)20-16(22)9-14-8-13(12-4-2-1-3-5-12)6-7-18(14)24-19(20)11-15/h1-8,10-11,21,23H,9H2. The molecule has 3 aromatic rings. The highest BCUT2D eigenvalue weighted by Gasteiger charge is 2.25. The number of carbonyl (C=O) groups is 1. The van der Waals surface area contributed by atoms with Crippen molar-refractivity contribution < 1.29 is 19.7 Å². The van der Waals surface area contributed by atoms with Crippen LogP contribution in [0.25, 0.3) is 11.1 Å². The third-order valence-corrected chi connectivity index (χ3v) is 4.08. The summed E-state index contributed by atoms with van der Waals surface area (Å²) in [4.78, 5) is 12.5. The van der Waals surface area contributed by atoms with Crippen LogP contribution in [0, 0.1) is 0 Å². The number of benzene rings is 3. The van der Waals surface area contributed by atoms with E-state index in [1.807, 2.05) is 42.5 Å². The second-order valence-corrected chi connectivity index (χ2v) is 5.73. The highest BCUT2D eigenvalue weighted by atomic mass is 16.5. The van der Waals surface area contributed by atoms with Gasteiger partial charge in [0, 0.05) is 24.1 Å². The van der Waals surface area contributed by atoms with Crippen molar-refractivity contribution in [3.8, 4) is 34.1 Å². The van der Waals surface area contributed by atoms with Gasteiger partial charge in [0.25, 0.3) is 0 Å². The molecule has 3 aromatic carbocycles. The molecule has 0 saturated carbocycles. The fourth-order valence-corrected chi connectivity index (χ4v) is 2.95. The van der Waals surface area contributed by atoms with E-state index in [9.17, 15) is 15.0 Å². The van der Waals surface area contributed by atoms with Gasteiger partial charge in [-0.25, -0.2) is 0 Å². The summed E-state index contributed by atoms with van der Waals surface area (Å²) in [6.07, 6.45) is 0.126. The molecule has 4 nitrogen and oxygen atoms in total. The molecule has 2 N–H and O–H groups in total. The highest BCUT2D eigenvalue weighted by molar-refractivity contribution is 6.03. The van der Waals surface area contributed by atoms with E-state index in [4.69, 9.17) is 4.74 Å². The fourth-order valence-electron chi connectivity index (χ4n) is 2.95. The predicted octanol–water partition coefficient (Wildman–Crippen LogP) is 4.30. The Balaban J connectivity index is 1.82. The van der Waals surface area contributed by atoms with Crippen LogP contribution in [0.3, 0.4) is 0 Å². The number of carbonyl (C=O) groups excluding carboxylic acids is 1. The number of rotatable bonds is 1. The van der Waals surface area contributed by atoms with Crippen LogP contribution in [0.1, 0.15) is 15.9 Å². The minimum Gasteiger partial charge on any atom is -0.508 e. The van der Waals surface area contributed by atoms with Crippen molar-refractivity contribution in [2.24, 2.45) is 0 Å². The second-order valence-electron chi connectivity index (χ2n) is 5.73. The lowest BCUT2D eigenvalue weighted by Gasteiger charge is -2.10. The van der Waals surface area contributed by atoms with Crippen molar-refractivity contribution in [2.75, 3.05) is 0 Å². The SMILES string of the molecule is O=C1Cc2cc(-c3ccccc3)ccc2Oc2cc(O)cc(O)c21. The minimum atomic E-state index is -0.272. The summed E-state index contributed by atoms with van der Waals surface area (Å²) >= 11 is 0. The first kappa shape index (κ1) is 14.3. The van der Waals surface area contributed by atoms with E-state index >= 15 is 0 Å². The van der Waals surface area contributed by atoms with Gasteiger partial charge in [-0.05, 0) is 23.3 Å². The zero-order chi connectivity index (χ0) is 16.7. The van der Waals surface area contributed by atoms with Crippen molar-refractivity contribution in [1.82, 2.24) is 0 Å². The number of phenolic OH excluding ortho intramolecular Hbond substituents is 2. The molecule has 1 aliphatic heterocycles. The summed E-state index contributed by atoms with van der Waals surface area (Å²) in [5.74, 6) is 0.0523. The molecule has 4 heteroatoms. The molecular weight excluding hydrogens is 304 g/mol. The molecule has 4 rings (SSSR count). The number of ether oxygens (including phenoxy) is 1. The van der Waals surface area contributed by atoms with Crippen LogP contribution in [-0.4, -0.2) is 16.0 Å². The molecule has 0 aromatic heterocycles. The lowest BCUT2D eigenvalue weighted by atomic mass is 9.98. The Morgan fingerprint density at radius 2 is 1.62 bits per heavy atom. The molecule has 24 heavy (non-hydrogen) atoms. The summed E-state index contributed by atoms with van der Waals surface area (Å²) in [6.45, 7) is 0. The van der Waals surface area contributed by atoms with Gasteiger partial charge in [-0.2, -0.15) is 0 Å². The fraction of sp³-hybridized carbons (Fsp3) is 0.0500. The molecule has 0 radical (unpaired) electrons. The number of hydrogen-bond donors (Lipinski definition) is 2. The van der Waals surface area contributed by atoms with Crippen LogP contribution in [0.15, 0.2) is 60.7 Å². The number of aromatic hydroxyl groups is 2. The number of fused-ring (bicyclic) bond motifs is 2. The van der Waals surface area contributed by atoms with Crippen LogP contribution in [0.5, 0.6) is 23.0 Å². The van der Waals surface area contributed by atoms with Gasteiger partial charge in [0.2, 0.25) is 0 Å². The van der Waals surface area contributed by atoms with Crippen LogP contribution in [0.2, 0.25) is 0 Å². The van der Waals surface area contributed by atoms with Crippen molar-refractivity contribution in [3.05, 3.63) is 71.8 Å². The van der Waals surface area contributed by atoms with Crippen molar-refractivity contribution in [2.45, 2.75) is 6.42 Å². The van der Waals surface area contributed by atoms with E-state index in [1.54, 1.807) is 6.07 Å². The first-order valence-electron chi connectivity index (χ1n) is 7.57. The third kappa shape index (κ3) is 2.38. The van der Waals surface area contributed by atoms with E-state index < -0.39 is 0 Å². The number of Topliss-reactive ketones (excluding diaryl/α,β-unsaturated/α-hetero) is 1. The van der Waals surface area contributed by atoms with E-state index in [1.165, 1.54) is 6.07 Å². The Hall–Kier alpha value is -3.27. The quantitative estimate of drug-likeness (QED) is 0.702. The Kier molecular flexibility index (Phi) is 3.24. The molecule has 0 unspecified atom stereocenters. The number of hydrogen-bond acceptors (Lipinski definition) is 4. The molecule has 0 spiro atoms. The molecule has 118 valence electrons. The van der Waals surface area contributed by atoms with E-state index in [0.717, 1.165) is 22.8 Å². The van der Waals surface area contributed by atoms with E-state index in [0.29, 0.717) is 5.75 Å². The molecule has 0 atom stereocenters. The van der Waals surface area contributed by atoms with Crippen LogP contribution >= 0.6 is 0 Å². The Bertz CT molecular complexity index is 945. The predicted molar refractivity (Wildman–Crippen MR) is 89.8 cm³/mol. The third-order valence-electron chi connectivity index (χ3n) is 4.08. The van der Waals surface area contributed by atoms with Gasteiger partial charge < -0.3 is 14.9 Å².